The molecule has 1 N–H and O–H groups in total. The highest BCUT2D eigenvalue weighted by Crippen LogP contribution is 2.12. The molecule has 23 heavy (non-hydrogen) atoms. The number of carbonyl (C=O) groups is 1. The van der Waals surface area contributed by atoms with Crippen molar-refractivity contribution in [2.45, 2.75) is 25.3 Å². The van der Waals surface area contributed by atoms with Crippen LogP contribution in [-0.2, 0) is 9.84 Å². The van der Waals surface area contributed by atoms with Crippen LogP contribution in [-0.4, -0.2) is 101 Å². The smallest absolute Gasteiger partial charge is 0.317 e. The first kappa shape index (κ1) is 20.2. The van der Waals surface area contributed by atoms with Crippen molar-refractivity contribution in [1.29, 1.82) is 0 Å². The van der Waals surface area contributed by atoms with Crippen LogP contribution in [0.3, 0.4) is 0 Å². The van der Waals surface area contributed by atoms with Gasteiger partial charge in [-0.15, -0.1) is 0 Å². The Balaban J connectivity index is 2.49. The molecule has 0 aromatic heterocycles. The van der Waals surface area contributed by atoms with Crippen molar-refractivity contribution >= 4 is 15.9 Å². The summed E-state index contributed by atoms with van der Waals surface area (Å²) in [7, 11) is 5.09. The van der Waals surface area contributed by atoms with E-state index in [0.717, 1.165) is 25.9 Å². The first-order valence-corrected chi connectivity index (χ1v) is 10.1. The van der Waals surface area contributed by atoms with E-state index in [1.54, 1.807) is 0 Å². The maximum atomic E-state index is 12.5. The van der Waals surface area contributed by atoms with Crippen LogP contribution in [0.1, 0.15) is 19.3 Å². The molecule has 2 amide bonds. The predicted octanol–water partition coefficient (Wildman–Crippen LogP) is 0.0885. The monoisotopic (exact) mass is 348 g/mol. The number of sulfone groups is 1. The zero-order valence-corrected chi connectivity index (χ0v) is 15.7. The second-order valence-electron chi connectivity index (χ2n) is 6.85. The third kappa shape index (κ3) is 8.53. The van der Waals surface area contributed by atoms with E-state index in [1.807, 2.05) is 33.1 Å². The molecule has 1 aliphatic heterocycles. The van der Waals surface area contributed by atoms with E-state index < -0.39 is 9.84 Å². The Hall–Kier alpha value is -0.860. The Kier molecular flexibility index (Phi) is 8.28. The number of hydrogen-bond donors (Lipinski definition) is 1. The van der Waals surface area contributed by atoms with Crippen molar-refractivity contribution in [3.63, 3.8) is 0 Å². The first-order valence-electron chi connectivity index (χ1n) is 8.25. The van der Waals surface area contributed by atoms with Crippen molar-refractivity contribution in [3.05, 3.63) is 0 Å². The first-order chi connectivity index (χ1) is 10.7. The summed E-state index contributed by atoms with van der Waals surface area (Å²) in [5.41, 5.74) is 0. The number of hydrogen-bond acceptors (Lipinski definition) is 5. The highest BCUT2D eigenvalue weighted by atomic mass is 32.2. The van der Waals surface area contributed by atoms with E-state index in [4.69, 9.17) is 0 Å². The van der Waals surface area contributed by atoms with Crippen LogP contribution in [0.5, 0.6) is 0 Å². The van der Waals surface area contributed by atoms with Crippen molar-refractivity contribution in [2.24, 2.45) is 0 Å². The Labute approximate surface area is 140 Å². The summed E-state index contributed by atoms with van der Waals surface area (Å²) in [5.74, 6) is 0.251. The molecule has 0 spiro atoms. The molecule has 8 heteroatoms. The van der Waals surface area contributed by atoms with E-state index in [9.17, 15) is 13.2 Å². The largest absolute Gasteiger partial charge is 0.334 e. The molecule has 136 valence electrons. The SMILES string of the molecule is CN(C)CCCN(CCCN(C)C)C(=O)N[C@H]1CCS(=O)(=O)C1. The summed E-state index contributed by atoms with van der Waals surface area (Å²) in [6, 6.07) is -0.373. The van der Waals surface area contributed by atoms with E-state index in [0.29, 0.717) is 19.5 Å². The fourth-order valence-electron chi connectivity index (χ4n) is 2.65. The predicted molar refractivity (Wildman–Crippen MR) is 93.5 cm³/mol. The fourth-order valence-corrected chi connectivity index (χ4v) is 4.32. The van der Waals surface area contributed by atoms with Gasteiger partial charge in [0, 0.05) is 19.1 Å². The quantitative estimate of drug-likeness (QED) is 0.639. The van der Waals surface area contributed by atoms with Gasteiger partial charge in [0.1, 0.15) is 0 Å². The van der Waals surface area contributed by atoms with Crippen LogP contribution in [0.4, 0.5) is 4.79 Å². The molecule has 0 unspecified atom stereocenters. The van der Waals surface area contributed by atoms with Crippen molar-refractivity contribution < 1.29 is 13.2 Å². The second-order valence-corrected chi connectivity index (χ2v) is 9.08. The van der Waals surface area contributed by atoms with Crippen LogP contribution >= 0.6 is 0 Å². The highest BCUT2D eigenvalue weighted by Gasteiger charge is 2.29. The Morgan fingerprint density at radius 1 is 1.00 bits per heavy atom. The van der Waals surface area contributed by atoms with Crippen LogP contribution < -0.4 is 5.32 Å². The van der Waals surface area contributed by atoms with Gasteiger partial charge in [0.25, 0.3) is 0 Å². The number of urea groups is 1. The molecule has 1 heterocycles. The average Bonchev–Trinajstić information content (AvgIpc) is 2.75. The molecule has 1 saturated heterocycles. The summed E-state index contributed by atoms with van der Waals surface area (Å²) in [6.07, 6.45) is 2.34. The Morgan fingerprint density at radius 3 is 1.91 bits per heavy atom. The molecule has 1 rings (SSSR count). The minimum atomic E-state index is -2.97. The zero-order valence-electron chi connectivity index (χ0n) is 14.9. The third-order valence-corrected chi connectivity index (χ3v) is 5.68. The summed E-state index contributed by atoms with van der Waals surface area (Å²) < 4.78 is 23.0. The zero-order chi connectivity index (χ0) is 17.5. The molecule has 0 aliphatic carbocycles. The van der Waals surface area contributed by atoms with E-state index in [2.05, 4.69) is 15.1 Å². The van der Waals surface area contributed by atoms with Crippen LogP contribution in [0.25, 0.3) is 0 Å². The average molecular weight is 349 g/mol. The summed E-state index contributed by atoms with van der Waals surface area (Å²) in [5, 5.41) is 2.89. The van der Waals surface area contributed by atoms with Crippen LogP contribution in [0.15, 0.2) is 0 Å². The lowest BCUT2D eigenvalue weighted by atomic mass is 10.2. The normalized spacial score (nSPS) is 20.2. The topological polar surface area (TPSA) is 73.0 Å². The fraction of sp³-hybridized carbons (Fsp3) is 0.933. The van der Waals surface area contributed by atoms with Crippen molar-refractivity contribution in [3.8, 4) is 0 Å². The van der Waals surface area contributed by atoms with Gasteiger partial charge in [-0.25, -0.2) is 13.2 Å². The maximum Gasteiger partial charge on any atom is 0.317 e. The lowest BCUT2D eigenvalue weighted by Crippen LogP contribution is -2.46. The summed E-state index contributed by atoms with van der Waals surface area (Å²) in [6.45, 7) is 3.23. The lowest BCUT2D eigenvalue weighted by molar-refractivity contribution is 0.188. The minimum Gasteiger partial charge on any atom is -0.334 e. The van der Waals surface area contributed by atoms with Gasteiger partial charge in [-0.05, 0) is 60.5 Å². The molecule has 1 atom stereocenters. The molecular weight excluding hydrogens is 316 g/mol. The molecule has 1 aliphatic rings. The Bertz CT molecular complexity index is 451. The van der Waals surface area contributed by atoms with Crippen LogP contribution in [0, 0.1) is 0 Å². The molecule has 7 nitrogen and oxygen atoms in total. The molecule has 1 fully saturated rings. The summed E-state index contributed by atoms with van der Waals surface area (Å²) in [4.78, 5) is 18.5. The molecule has 0 radical (unpaired) electrons. The molecule has 0 aromatic rings. The van der Waals surface area contributed by atoms with Gasteiger partial charge in [-0.1, -0.05) is 0 Å². The number of carbonyl (C=O) groups excluding carboxylic acids is 1. The van der Waals surface area contributed by atoms with Crippen molar-refractivity contribution in [2.75, 3.05) is 65.9 Å². The molecule has 0 bridgehead atoms. The van der Waals surface area contributed by atoms with Gasteiger partial charge >= 0.3 is 6.03 Å². The molecular formula is C15H32N4O3S. The molecule has 0 saturated carbocycles. The number of rotatable bonds is 9. The highest BCUT2D eigenvalue weighted by molar-refractivity contribution is 7.91. The Morgan fingerprint density at radius 2 is 1.52 bits per heavy atom. The van der Waals surface area contributed by atoms with Gasteiger partial charge in [0.05, 0.1) is 11.5 Å². The van der Waals surface area contributed by atoms with Gasteiger partial charge in [-0.3, -0.25) is 0 Å². The lowest BCUT2D eigenvalue weighted by Gasteiger charge is -2.26. The minimum absolute atomic E-state index is 0.0714. The van der Waals surface area contributed by atoms with E-state index >= 15 is 0 Å². The third-order valence-electron chi connectivity index (χ3n) is 3.91. The van der Waals surface area contributed by atoms with Gasteiger partial charge in [0.15, 0.2) is 9.84 Å². The summed E-state index contributed by atoms with van der Waals surface area (Å²) >= 11 is 0. The number of amides is 2. The number of nitrogens with one attached hydrogen (secondary N) is 1. The number of nitrogens with zero attached hydrogens (tertiary/aromatic N) is 3. The second kappa shape index (κ2) is 9.44. The van der Waals surface area contributed by atoms with E-state index in [-0.39, 0.29) is 23.6 Å². The van der Waals surface area contributed by atoms with Crippen molar-refractivity contribution in [1.82, 2.24) is 20.0 Å². The standard InChI is InChI=1S/C15H32N4O3S/c1-17(2)8-5-10-19(11-6-9-18(3)4)15(20)16-14-7-12-23(21,22)13-14/h14H,5-13H2,1-4H3,(H,16,20)/t14-/m0/s1. The van der Waals surface area contributed by atoms with Crippen LogP contribution in [0.2, 0.25) is 0 Å². The van der Waals surface area contributed by atoms with Gasteiger partial charge < -0.3 is 20.0 Å². The molecule has 0 aromatic carbocycles. The maximum absolute atomic E-state index is 12.5. The van der Waals surface area contributed by atoms with E-state index in [1.165, 1.54) is 0 Å². The van der Waals surface area contributed by atoms with Gasteiger partial charge in [0.2, 0.25) is 0 Å². The van der Waals surface area contributed by atoms with Gasteiger partial charge in [-0.2, -0.15) is 0 Å².